The quantitative estimate of drug-likeness (QED) is 0.441. The van der Waals surface area contributed by atoms with Gasteiger partial charge in [0, 0.05) is 16.3 Å². The Hall–Kier alpha value is -2.73. The van der Waals surface area contributed by atoms with Gasteiger partial charge in [-0.2, -0.15) is 0 Å². The van der Waals surface area contributed by atoms with Crippen molar-refractivity contribution in [3.63, 3.8) is 0 Å². The van der Waals surface area contributed by atoms with Crippen molar-refractivity contribution in [2.75, 3.05) is 0 Å². The molecule has 0 N–H and O–H groups in total. The van der Waals surface area contributed by atoms with E-state index in [-0.39, 0.29) is 5.56 Å². The fourth-order valence-electron chi connectivity index (χ4n) is 4.62. The molecule has 0 amide bonds. The van der Waals surface area contributed by atoms with Crippen LogP contribution in [0.1, 0.15) is 59.7 Å². The van der Waals surface area contributed by atoms with Crippen molar-refractivity contribution < 1.29 is 4.42 Å². The fourth-order valence-corrected chi connectivity index (χ4v) is 5.84. The zero-order chi connectivity index (χ0) is 21.0. The molecule has 1 aliphatic rings. The number of hydrogen-bond acceptors (Lipinski definition) is 5. The third kappa shape index (κ3) is 3.10. The second-order valence-electron chi connectivity index (χ2n) is 8.52. The van der Waals surface area contributed by atoms with E-state index >= 15 is 0 Å². The van der Waals surface area contributed by atoms with Gasteiger partial charge in [-0.1, -0.05) is 13.8 Å². The lowest BCUT2D eigenvalue weighted by molar-refractivity contribution is 0.556. The molecule has 5 rings (SSSR count). The summed E-state index contributed by atoms with van der Waals surface area (Å²) < 4.78 is 7.09. The smallest absolute Gasteiger partial charge is 0.336 e. The Morgan fingerprint density at radius 1 is 1.17 bits per heavy atom. The molecule has 6 heteroatoms. The van der Waals surface area contributed by atoms with Gasteiger partial charge in [0.2, 0.25) is 0 Å². The molecule has 0 aliphatic heterocycles. The summed E-state index contributed by atoms with van der Waals surface area (Å²) in [6.07, 6.45) is 5.90. The molecule has 4 aromatic rings. The third-order valence-corrected chi connectivity index (χ3v) is 7.32. The average molecular weight is 421 g/mol. The highest BCUT2D eigenvalue weighted by Gasteiger charge is 2.20. The van der Waals surface area contributed by atoms with E-state index in [2.05, 4.69) is 24.9 Å². The summed E-state index contributed by atoms with van der Waals surface area (Å²) in [5.41, 5.74) is 4.43. The molecule has 3 aromatic heterocycles. The van der Waals surface area contributed by atoms with E-state index in [1.165, 1.54) is 28.5 Å². The molecule has 3 heterocycles. The molecule has 0 unspecified atom stereocenters. The second-order valence-corrected chi connectivity index (χ2v) is 9.60. The summed E-state index contributed by atoms with van der Waals surface area (Å²) in [6.45, 7) is 6.63. The minimum Gasteiger partial charge on any atom is -0.423 e. The number of thiophene rings is 1. The van der Waals surface area contributed by atoms with Crippen LogP contribution in [-0.4, -0.2) is 9.55 Å². The molecular weight excluding hydrogens is 396 g/mol. The Morgan fingerprint density at radius 3 is 2.77 bits per heavy atom. The topological polar surface area (TPSA) is 65.1 Å². The second kappa shape index (κ2) is 7.20. The molecule has 0 saturated heterocycles. The van der Waals surface area contributed by atoms with Crippen LogP contribution in [0.5, 0.6) is 0 Å². The van der Waals surface area contributed by atoms with Crippen LogP contribution in [0.3, 0.4) is 0 Å². The van der Waals surface area contributed by atoms with Gasteiger partial charge in [-0.25, -0.2) is 9.78 Å². The van der Waals surface area contributed by atoms with Crippen LogP contribution in [0, 0.1) is 6.92 Å². The number of hydrogen-bond donors (Lipinski definition) is 0. The monoisotopic (exact) mass is 420 g/mol. The number of aromatic nitrogens is 2. The molecule has 0 saturated carbocycles. The van der Waals surface area contributed by atoms with Gasteiger partial charge in [0.1, 0.15) is 10.4 Å². The number of aryl methyl sites for hydroxylation is 3. The molecule has 1 aliphatic carbocycles. The zero-order valence-corrected chi connectivity index (χ0v) is 18.3. The first-order chi connectivity index (χ1) is 14.4. The van der Waals surface area contributed by atoms with Gasteiger partial charge in [0.25, 0.3) is 5.56 Å². The van der Waals surface area contributed by atoms with Crippen molar-refractivity contribution in [2.24, 2.45) is 0 Å². The van der Waals surface area contributed by atoms with Gasteiger partial charge >= 0.3 is 5.63 Å². The number of nitrogens with zero attached hydrogens (tertiary/aromatic N) is 2. The minimum atomic E-state index is -0.399. The molecule has 0 radical (unpaired) electrons. The summed E-state index contributed by atoms with van der Waals surface area (Å²) in [4.78, 5) is 32.3. The summed E-state index contributed by atoms with van der Waals surface area (Å²) >= 11 is 1.65. The van der Waals surface area contributed by atoms with Crippen molar-refractivity contribution in [3.05, 3.63) is 72.4 Å². The van der Waals surface area contributed by atoms with Crippen LogP contribution in [0.2, 0.25) is 0 Å². The Kier molecular flexibility index (Phi) is 4.62. The van der Waals surface area contributed by atoms with E-state index in [4.69, 9.17) is 4.42 Å². The van der Waals surface area contributed by atoms with Gasteiger partial charge in [-0.05, 0) is 72.9 Å². The van der Waals surface area contributed by atoms with Crippen molar-refractivity contribution in [3.8, 4) is 0 Å². The Bertz CT molecular complexity index is 1410. The SMILES string of the molecule is Cc1cc2oc(=O)cc(Cn3cnc4sc5c(c4c3=O)CCCC5)c2cc1C(C)C. The predicted molar refractivity (Wildman–Crippen MR) is 121 cm³/mol. The molecule has 1 aromatic carbocycles. The van der Waals surface area contributed by atoms with E-state index in [1.807, 2.05) is 13.0 Å². The number of fused-ring (bicyclic) bond motifs is 4. The normalized spacial score (nSPS) is 14.0. The summed E-state index contributed by atoms with van der Waals surface area (Å²) in [5, 5.41) is 1.64. The lowest BCUT2D eigenvalue weighted by atomic mass is 9.95. The zero-order valence-electron chi connectivity index (χ0n) is 17.4. The van der Waals surface area contributed by atoms with E-state index in [0.29, 0.717) is 18.0 Å². The summed E-state index contributed by atoms with van der Waals surface area (Å²) in [7, 11) is 0. The molecule has 0 bridgehead atoms. The molecule has 0 atom stereocenters. The standard InChI is InChI=1S/C24H24N2O3S/c1-13(2)17-10-18-15(9-21(27)29-19(18)8-14(17)3)11-26-12-25-23-22(24(26)28)16-6-4-5-7-20(16)30-23/h8-10,12-13H,4-7,11H2,1-3H3. The molecular formula is C24H24N2O3S. The van der Waals surface area contributed by atoms with E-state index in [9.17, 15) is 9.59 Å². The van der Waals surface area contributed by atoms with Gasteiger partial charge < -0.3 is 4.42 Å². The first-order valence-corrected chi connectivity index (χ1v) is 11.3. The van der Waals surface area contributed by atoms with Crippen molar-refractivity contribution in [1.29, 1.82) is 0 Å². The van der Waals surface area contributed by atoms with Crippen LogP contribution in [0.25, 0.3) is 21.2 Å². The van der Waals surface area contributed by atoms with Gasteiger partial charge in [0.05, 0.1) is 18.3 Å². The maximum absolute atomic E-state index is 13.3. The van der Waals surface area contributed by atoms with E-state index in [1.54, 1.807) is 22.2 Å². The molecule has 30 heavy (non-hydrogen) atoms. The maximum atomic E-state index is 13.3. The van der Waals surface area contributed by atoms with Crippen LogP contribution >= 0.6 is 11.3 Å². The largest absolute Gasteiger partial charge is 0.423 e. The van der Waals surface area contributed by atoms with Gasteiger partial charge in [-0.3, -0.25) is 9.36 Å². The van der Waals surface area contributed by atoms with Crippen molar-refractivity contribution in [2.45, 2.75) is 58.9 Å². The molecule has 0 spiro atoms. The van der Waals surface area contributed by atoms with Crippen molar-refractivity contribution in [1.82, 2.24) is 9.55 Å². The van der Waals surface area contributed by atoms with Crippen LogP contribution < -0.4 is 11.2 Å². The van der Waals surface area contributed by atoms with E-state index < -0.39 is 5.63 Å². The number of benzene rings is 1. The summed E-state index contributed by atoms with van der Waals surface area (Å²) in [5.74, 6) is 0.354. The highest BCUT2D eigenvalue weighted by molar-refractivity contribution is 7.18. The first-order valence-electron chi connectivity index (χ1n) is 10.5. The maximum Gasteiger partial charge on any atom is 0.336 e. The first kappa shape index (κ1) is 19.2. The lowest BCUT2D eigenvalue weighted by Crippen LogP contribution is -2.22. The summed E-state index contributed by atoms with van der Waals surface area (Å²) in [6, 6.07) is 5.52. The van der Waals surface area contributed by atoms with Crippen molar-refractivity contribution >= 4 is 32.5 Å². The molecule has 154 valence electrons. The third-order valence-electron chi connectivity index (χ3n) is 6.12. The highest BCUT2D eigenvalue weighted by atomic mass is 32.1. The molecule has 5 nitrogen and oxygen atoms in total. The Morgan fingerprint density at radius 2 is 1.97 bits per heavy atom. The lowest BCUT2D eigenvalue weighted by Gasteiger charge is -2.14. The highest BCUT2D eigenvalue weighted by Crippen LogP contribution is 2.33. The minimum absolute atomic E-state index is 0.0167. The average Bonchev–Trinajstić information content (AvgIpc) is 3.08. The van der Waals surface area contributed by atoms with Crippen LogP contribution in [-0.2, 0) is 19.4 Å². The molecule has 0 fully saturated rings. The fraction of sp³-hybridized carbons (Fsp3) is 0.375. The van der Waals surface area contributed by atoms with Crippen LogP contribution in [0.15, 0.2) is 38.5 Å². The van der Waals surface area contributed by atoms with Crippen LogP contribution in [0.4, 0.5) is 0 Å². The Labute approximate surface area is 178 Å². The Balaban J connectivity index is 1.68. The number of rotatable bonds is 3. The van der Waals surface area contributed by atoms with Gasteiger partial charge in [0.15, 0.2) is 0 Å². The predicted octanol–water partition coefficient (Wildman–Crippen LogP) is 4.92. The van der Waals surface area contributed by atoms with E-state index in [0.717, 1.165) is 46.0 Å². The van der Waals surface area contributed by atoms with Gasteiger partial charge in [-0.15, -0.1) is 11.3 Å².